The van der Waals surface area contributed by atoms with Crippen LogP contribution < -0.4 is 4.90 Å². The molecule has 0 amide bonds. The lowest BCUT2D eigenvalue weighted by atomic mass is 10.4. The molecule has 1 heterocycles. The third kappa shape index (κ3) is 2.87. The topological polar surface area (TPSA) is 46.4 Å². The maximum atomic E-state index is 10.0. The van der Waals surface area contributed by atoms with E-state index < -0.39 is 4.92 Å². The molecule has 0 aromatic carbocycles. The van der Waals surface area contributed by atoms with Crippen LogP contribution in [0.1, 0.15) is 4.88 Å². The molecule has 1 rings (SSSR count). The normalized spacial score (nSPS) is 10.6. The first kappa shape index (κ1) is 9.73. The van der Waals surface area contributed by atoms with Crippen LogP contribution in [0.25, 0.3) is 6.08 Å². The van der Waals surface area contributed by atoms with Gasteiger partial charge in [-0.2, -0.15) is 0 Å². The van der Waals surface area contributed by atoms with Gasteiger partial charge in [0.15, 0.2) is 0 Å². The fraction of sp³-hybridized carbons (Fsp3) is 0.250. The van der Waals surface area contributed by atoms with Crippen LogP contribution in [-0.4, -0.2) is 19.0 Å². The van der Waals surface area contributed by atoms with E-state index in [0.717, 1.165) is 16.1 Å². The van der Waals surface area contributed by atoms with Gasteiger partial charge in [0.1, 0.15) is 0 Å². The lowest BCUT2D eigenvalue weighted by molar-refractivity contribution is -0.400. The summed E-state index contributed by atoms with van der Waals surface area (Å²) in [5.41, 5.74) is 0. The van der Waals surface area contributed by atoms with Gasteiger partial charge in [-0.15, -0.1) is 11.3 Å². The first-order chi connectivity index (χ1) is 6.09. The van der Waals surface area contributed by atoms with Crippen molar-refractivity contribution in [2.75, 3.05) is 19.0 Å². The lowest BCUT2D eigenvalue weighted by Gasteiger charge is -2.06. The summed E-state index contributed by atoms with van der Waals surface area (Å²) in [4.78, 5) is 12.4. The molecule has 0 spiro atoms. The van der Waals surface area contributed by atoms with E-state index in [1.54, 1.807) is 0 Å². The number of nitro groups is 1. The summed E-state index contributed by atoms with van der Waals surface area (Å²) in [7, 11) is 3.87. The van der Waals surface area contributed by atoms with Crippen LogP contribution in [0, 0.1) is 10.1 Å². The van der Waals surface area contributed by atoms with Crippen molar-refractivity contribution in [2.45, 2.75) is 0 Å². The van der Waals surface area contributed by atoms with Crippen LogP contribution in [0.4, 0.5) is 5.00 Å². The summed E-state index contributed by atoms with van der Waals surface area (Å²) in [6.07, 6.45) is 2.45. The lowest BCUT2D eigenvalue weighted by Crippen LogP contribution is -2.05. The maximum absolute atomic E-state index is 10.0. The summed E-state index contributed by atoms with van der Waals surface area (Å²) < 4.78 is 0. The molecule has 4 nitrogen and oxygen atoms in total. The third-order valence-corrected chi connectivity index (χ3v) is 2.63. The average Bonchev–Trinajstić information content (AvgIpc) is 2.48. The fourth-order valence-electron chi connectivity index (χ4n) is 0.806. The van der Waals surface area contributed by atoms with Crippen molar-refractivity contribution in [2.24, 2.45) is 0 Å². The summed E-state index contributed by atoms with van der Waals surface area (Å²) >= 11 is 1.52. The van der Waals surface area contributed by atoms with E-state index in [2.05, 4.69) is 0 Å². The molecule has 0 aliphatic rings. The zero-order valence-corrected chi connectivity index (χ0v) is 8.25. The average molecular weight is 198 g/mol. The van der Waals surface area contributed by atoms with Crippen LogP contribution in [-0.2, 0) is 0 Å². The number of hydrogen-bond acceptors (Lipinski definition) is 4. The Bertz CT molecular complexity index is 331. The SMILES string of the molecule is CN(C)c1ccc(C=C[N+](=O)[O-])s1. The smallest absolute Gasteiger partial charge is 0.235 e. The summed E-state index contributed by atoms with van der Waals surface area (Å²) in [5, 5.41) is 11.1. The minimum atomic E-state index is -0.463. The number of hydrogen-bond donors (Lipinski definition) is 0. The predicted octanol–water partition coefficient (Wildman–Crippen LogP) is 2.06. The van der Waals surface area contributed by atoms with Gasteiger partial charge in [-0.3, -0.25) is 10.1 Å². The molecule has 0 atom stereocenters. The zero-order valence-electron chi connectivity index (χ0n) is 7.43. The molecule has 5 heteroatoms. The molecule has 0 saturated carbocycles. The number of anilines is 1. The molecule has 0 bridgehead atoms. The van der Waals surface area contributed by atoms with E-state index in [0.29, 0.717) is 0 Å². The highest BCUT2D eigenvalue weighted by molar-refractivity contribution is 7.16. The van der Waals surface area contributed by atoms with E-state index in [1.807, 2.05) is 31.1 Å². The highest BCUT2D eigenvalue weighted by Gasteiger charge is 1.99. The van der Waals surface area contributed by atoms with E-state index in [-0.39, 0.29) is 0 Å². The van der Waals surface area contributed by atoms with Crippen molar-refractivity contribution in [3.05, 3.63) is 33.3 Å². The van der Waals surface area contributed by atoms with E-state index in [1.165, 1.54) is 17.4 Å². The van der Waals surface area contributed by atoms with Crippen LogP contribution >= 0.6 is 11.3 Å². The minimum absolute atomic E-state index is 0.463. The molecular weight excluding hydrogens is 188 g/mol. The van der Waals surface area contributed by atoms with Gasteiger partial charge in [0, 0.05) is 25.0 Å². The molecule has 0 aliphatic heterocycles. The zero-order chi connectivity index (χ0) is 9.84. The van der Waals surface area contributed by atoms with Crippen LogP contribution in [0.2, 0.25) is 0 Å². The summed E-state index contributed by atoms with van der Waals surface area (Å²) in [5.74, 6) is 0. The molecule has 0 radical (unpaired) electrons. The first-order valence-corrected chi connectivity index (χ1v) is 4.50. The van der Waals surface area contributed by atoms with Crippen LogP contribution in [0.3, 0.4) is 0 Å². The van der Waals surface area contributed by atoms with Crippen molar-refractivity contribution in [3.63, 3.8) is 0 Å². The number of thiophene rings is 1. The van der Waals surface area contributed by atoms with Crippen LogP contribution in [0.15, 0.2) is 18.3 Å². The second kappa shape index (κ2) is 4.04. The van der Waals surface area contributed by atoms with Crippen molar-refractivity contribution >= 4 is 22.4 Å². The molecule has 1 aromatic heterocycles. The molecule has 1 aromatic rings. The van der Waals surface area contributed by atoms with Gasteiger partial charge < -0.3 is 4.90 Å². The fourth-order valence-corrected chi connectivity index (χ4v) is 1.63. The van der Waals surface area contributed by atoms with Crippen molar-refractivity contribution < 1.29 is 4.92 Å². The monoisotopic (exact) mass is 198 g/mol. The summed E-state index contributed by atoms with van der Waals surface area (Å²) in [6, 6.07) is 3.80. The van der Waals surface area contributed by atoms with E-state index in [9.17, 15) is 10.1 Å². The molecule has 0 unspecified atom stereocenters. The van der Waals surface area contributed by atoms with E-state index >= 15 is 0 Å². The van der Waals surface area contributed by atoms with Gasteiger partial charge in [-0.1, -0.05) is 0 Å². The van der Waals surface area contributed by atoms with Gasteiger partial charge in [0.05, 0.1) is 9.92 Å². The molecular formula is C8H10N2O2S. The standard InChI is InChI=1S/C8H10N2O2S/c1-9(2)8-4-3-7(13-8)5-6-10(11)12/h3-6H,1-2H3. The number of nitrogens with zero attached hydrogens (tertiary/aromatic N) is 2. The second-order valence-electron chi connectivity index (χ2n) is 2.67. The van der Waals surface area contributed by atoms with Gasteiger partial charge in [-0.05, 0) is 12.1 Å². The Kier molecular flexibility index (Phi) is 3.02. The third-order valence-electron chi connectivity index (χ3n) is 1.41. The van der Waals surface area contributed by atoms with Crippen molar-refractivity contribution in [3.8, 4) is 0 Å². The molecule has 0 aliphatic carbocycles. The maximum Gasteiger partial charge on any atom is 0.235 e. The Morgan fingerprint density at radius 2 is 2.23 bits per heavy atom. The molecule has 70 valence electrons. The van der Waals surface area contributed by atoms with Gasteiger partial charge in [0.25, 0.3) is 0 Å². The Morgan fingerprint density at radius 1 is 1.54 bits per heavy atom. The van der Waals surface area contributed by atoms with Crippen LogP contribution in [0.5, 0.6) is 0 Å². The quantitative estimate of drug-likeness (QED) is 0.551. The van der Waals surface area contributed by atoms with Crippen molar-refractivity contribution in [1.29, 1.82) is 0 Å². The number of rotatable bonds is 3. The molecule has 0 saturated heterocycles. The molecule has 13 heavy (non-hydrogen) atoms. The largest absolute Gasteiger partial charge is 0.370 e. The highest BCUT2D eigenvalue weighted by Crippen LogP contribution is 2.24. The molecule has 0 fully saturated rings. The Morgan fingerprint density at radius 3 is 2.69 bits per heavy atom. The second-order valence-corrected chi connectivity index (χ2v) is 3.77. The van der Waals surface area contributed by atoms with Gasteiger partial charge in [0.2, 0.25) is 6.20 Å². The van der Waals surface area contributed by atoms with Crippen molar-refractivity contribution in [1.82, 2.24) is 0 Å². The Labute approximate surface area is 80.3 Å². The molecule has 0 N–H and O–H groups in total. The van der Waals surface area contributed by atoms with Gasteiger partial charge >= 0.3 is 0 Å². The highest BCUT2D eigenvalue weighted by atomic mass is 32.1. The first-order valence-electron chi connectivity index (χ1n) is 3.68. The Balaban J connectivity index is 2.75. The predicted molar refractivity (Wildman–Crippen MR) is 54.7 cm³/mol. The minimum Gasteiger partial charge on any atom is -0.370 e. The van der Waals surface area contributed by atoms with Gasteiger partial charge in [-0.25, -0.2) is 0 Å². The summed E-state index contributed by atoms with van der Waals surface area (Å²) in [6.45, 7) is 0. The van der Waals surface area contributed by atoms with E-state index in [4.69, 9.17) is 0 Å². The Hall–Kier alpha value is -1.36.